The SMILES string of the molecule is CCCC(C)(C)NS(=O)(=O)c1ccc(C#N)nc1. The Morgan fingerprint density at radius 3 is 2.56 bits per heavy atom. The molecule has 0 radical (unpaired) electrons. The maximum absolute atomic E-state index is 12.1. The molecule has 0 spiro atoms. The van der Waals surface area contributed by atoms with E-state index in [4.69, 9.17) is 5.26 Å². The fourth-order valence-electron chi connectivity index (χ4n) is 1.70. The zero-order valence-electron chi connectivity index (χ0n) is 10.8. The van der Waals surface area contributed by atoms with E-state index in [1.807, 2.05) is 26.8 Å². The summed E-state index contributed by atoms with van der Waals surface area (Å²) in [4.78, 5) is 3.83. The summed E-state index contributed by atoms with van der Waals surface area (Å²) >= 11 is 0. The maximum atomic E-state index is 12.1. The predicted molar refractivity (Wildman–Crippen MR) is 68.3 cm³/mol. The monoisotopic (exact) mass is 267 g/mol. The van der Waals surface area contributed by atoms with E-state index in [0.29, 0.717) is 0 Å². The molecular weight excluding hydrogens is 250 g/mol. The molecular formula is C12H17N3O2S. The van der Waals surface area contributed by atoms with Crippen LogP contribution in [0.4, 0.5) is 0 Å². The molecule has 0 bridgehead atoms. The summed E-state index contributed by atoms with van der Waals surface area (Å²) in [6.45, 7) is 5.68. The standard InChI is InChI=1S/C12H17N3O2S/c1-4-7-12(2,3)15-18(16,17)11-6-5-10(8-13)14-9-11/h5-6,9,15H,4,7H2,1-3H3. The number of hydrogen-bond acceptors (Lipinski definition) is 4. The van der Waals surface area contributed by atoms with E-state index in [9.17, 15) is 8.42 Å². The van der Waals surface area contributed by atoms with Crippen LogP contribution in [0.25, 0.3) is 0 Å². The van der Waals surface area contributed by atoms with Gasteiger partial charge >= 0.3 is 0 Å². The van der Waals surface area contributed by atoms with Crippen molar-refractivity contribution in [2.75, 3.05) is 0 Å². The molecule has 5 nitrogen and oxygen atoms in total. The molecule has 0 saturated carbocycles. The highest BCUT2D eigenvalue weighted by molar-refractivity contribution is 7.89. The number of pyridine rings is 1. The van der Waals surface area contributed by atoms with Gasteiger partial charge in [0.2, 0.25) is 10.0 Å². The molecule has 1 N–H and O–H groups in total. The van der Waals surface area contributed by atoms with Crippen LogP contribution in [0, 0.1) is 11.3 Å². The Bertz CT molecular complexity index is 542. The Balaban J connectivity index is 2.96. The summed E-state index contributed by atoms with van der Waals surface area (Å²) in [6, 6.07) is 4.62. The van der Waals surface area contributed by atoms with Crippen molar-refractivity contribution in [3.05, 3.63) is 24.0 Å². The lowest BCUT2D eigenvalue weighted by Gasteiger charge is -2.25. The number of rotatable bonds is 5. The van der Waals surface area contributed by atoms with Crippen LogP contribution in [-0.2, 0) is 10.0 Å². The van der Waals surface area contributed by atoms with Gasteiger partial charge in [0.15, 0.2) is 0 Å². The summed E-state index contributed by atoms with van der Waals surface area (Å²) < 4.78 is 26.8. The Hall–Kier alpha value is -1.45. The number of sulfonamides is 1. The minimum absolute atomic E-state index is 0.0747. The topological polar surface area (TPSA) is 82.9 Å². The molecule has 0 saturated heterocycles. The first-order chi connectivity index (χ1) is 8.30. The molecule has 6 heteroatoms. The van der Waals surface area contributed by atoms with E-state index in [-0.39, 0.29) is 10.6 Å². The maximum Gasteiger partial charge on any atom is 0.242 e. The molecule has 0 aliphatic heterocycles. The molecule has 18 heavy (non-hydrogen) atoms. The van der Waals surface area contributed by atoms with Gasteiger partial charge in [-0.25, -0.2) is 18.1 Å². The minimum atomic E-state index is -3.59. The van der Waals surface area contributed by atoms with Crippen LogP contribution in [0.3, 0.4) is 0 Å². The van der Waals surface area contributed by atoms with Crippen LogP contribution >= 0.6 is 0 Å². The zero-order valence-corrected chi connectivity index (χ0v) is 11.6. The second-order valence-electron chi connectivity index (χ2n) is 4.73. The summed E-state index contributed by atoms with van der Waals surface area (Å²) in [6.07, 6.45) is 2.83. The molecule has 0 aliphatic rings. The van der Waals surface area contributed by atoms with E-state index >= 15 is 0 Å². The third-order valence-corrected chi connectivity index (χ3v) is 4.13. The van der Waals surface area contributed by atoms with Gasteiger partial charge in [-0.2, -0.15) is 5.26 Å². The van der Waals surface area contributed by atoms with Crippen molar-refractivity contribution in [1.82, 2.24) is 9.71 Å². The van der Waals surface area contributed by atoms with Crippen molar-refractivity contribution < 1.29 is 8.42 Å². The Kier molecular flexibility index (Phi) is 4.43. The van der Waals surface area contributed by atoms with Gasteiger partial charge in [0.05, 0.1) is 0 Å². The van der Waals surface area contributed by atoms with E-state index in [2.05, 4.69) is 9.71 Å². The minimum Gasteiger partial charge on any atom is -0.244 e. The van der Waals surface area contributed by atoms with Crippen molar-refractivity contribution in [1.29, 1.82) is 5.26 Å². The highest BCUT2D eigenvalue weighted by Gasteiger charge is 2.25. The predicted octanol–water partition coefficient (Wildman–Crippen LogP) is 1.81. The molecule has 0 aromatic carbocycles. The Morgan fingerprint density at radius 1 is 1.44 bits per heavy atom. The van der Waals surface area contributed by atoms with Crippen LogP contribution < -0.4 is 4.72 Å². The van der Waals surface area contributed by atoms with Crippen LogP contribution in [0.5, 0.6) is 0 Å². The van der Waals surface area contributed by atoms with E-state index in [1.54, 1.807) is 0 Å². The lowest BCUT2D eigenvalue weighted by molar-refractivity contribution is 0.417. The molecule has 98 valence electrons. The molecule has 0 aliphatic carbocycles. The van der Waals surface area contributed by atoms with E-state index in [0.717, 1.165) is 12.8 Å². The summed E-state index contributed by atoms with van der Waals surface area (Å²) in [5.74, 6) is 0. The molecule has 1 rings (SSSR count). The van der Waals surface area contributed by atoms with Gasteiger partial charge in [-0.1, -0.05) is 13.3 Å². The highest BCUT2D eigenvalue weighted by atomic mass is 32.2. The number of aromatic nitrogens is 1. The third kappa shape index (κ3) is 3.79. The normalized spacial score (nSPS) is 12.1. The highest BCUT2D eigenvalue weighted by Crippen LogP contribution is 2.16. The van der Waals surface area contributed by atoms with Gasteiger partial charge in [-0.3, -0.25) is 0 Å². The van der Waals surface area contributed by atoms with Gasteiger partial charge in [0.25, 0.3) is 0 Å². The second-order valence-corrected chi connectivity index (χ2v) is 6.41. The van der Waals surface area contributed by atoms with Gasteiger partial charge < -0.3 is 0 Å². The molecule has 0 atom stereocenters. The summed E-state index contributed by atoms with van der Waals surface area (Å²) in [5.41, 5.74) is -0.302. The van der Waals surface area contributed by atoms with Crippen molar-refractivity contribution in [2.45, 2.75) is 44.0 Å². The van der Waals surface area contributed by atoms with Crippen molar-refractivity contribution in [3.8, 4) is 6.07 Å². The number of hydrogen-bond donors (Lipinski definition) is 1. The first kappa shape index (κ1) is 14.6. The lowest BCUT2D eigenvalue weighted by atomic mass is 10.0. The van der Waals surface area contributed by atoms with Gasteiger partial charge in [0, 0.05) is 11.7 Å². The van der Waals surface area contributed by atoms with Crippen molar-refractivity contribution in [3.63, 3.8) is 0 Å². The quantitative estimate of drug-likeness (QED) is 0.882. The Labute approximate surface area is 108 Å². The molecule has 0 amide bonds. The third-order valence-electron chi connectivity index (χ3n) is 2.45. The average Bonchev–Trinajstić information content (AvgIpc) is 2.27. The zero-order chi connectivity index (χ0) is 13.8. The van der Waals surface area contributed by atoms with E-state index < -0.39 is 15.6 Å². The number of nitrogens with zero attached hydrogens (tertiary/aromatic N) is 2. The molecule has 0 fully saturated rings. The van der Waals surface area contributed by atoms with Gasteiger partial charge in [0.1, 0.15) is 16.7 Å². The van der Waals surface area contributed by atoms with Crippen LogP contribution in [0.2, 0.25) is 0 Å². The second kappa shape index (κ2) is 5.46. The fourth-order valence-corrected chi connectivity index (χ4v) is 3.09. The molecule has 1 aromatic heterocycles. The largest absolute Gasteiger partial charge is 0.244 e. The molecule has 1 heterocycles. The summed E-state index contributed by atoms with van der Waals surface area (Å²) in [5, 5.41) is 8.61. The molecule has 1 aromatic rings. The molecule has 0 unspecified atom stereocenters. The number of nitriles is 1. The van der Waals surface area contributed by atoms with Gasteiger partial charge in [-0.05, 0) is 32.4 Å². The first-order valence-electron chi connectivity index (χ1n) is 5.71. The fraction of sp³-hybridized carbons (Fsp3) is 0.500. The van der Waals surface area contributed by atoms with Crippen molar-refractivity contribution >= 4 is 10.0 Å². The number of nitrogens with one attached hydrogen (secondary N) is 1. The van der Waals surface area contributed by atoms with Crippen LogP contribution in [-0.4, -0.2) is 18.9 Å². The first-order valence-corrected chi connectivity index (χ1v) is 7.19. The van der Waals surface area contributed by atoms with Crippen molar-refractivity contribution in [2.24, 2.45) is 0 Å². The smallest absolute Gasteiger partial charge is 0.242 e. The van der Waals surface area contributed by atoms with Crippen LogP contribution in [0.15, 0.2) is 23.2 Å². The summed E-state index contributed by atoms with van der Waals surface area (Å²) in [7, 11) is -3.59. The average molecular weight is 267 g/mol. The Morgan fingerprint density at radius 2 is 2.11 bits per heavy atom. The van der Waals surface area contributed by atoms with E-state index in [1.165, 1.54) is 18.3 Å². The van der Waals surface area contributed by atoms with Gasteiger partial charge in [-0.15, -0.1) is 0 Å². The lowest BCUT2D eigenvalue weighted by Crippen LogP contribution is -2.43. The van der Waals surface area contributed by atoms with Crippen LogP contribution in [0.1, 0.15) is 39.3 Å².